The van der Waals surface area contributed by atoms with Gasteiger partial charge >= 0.3 is 0 Å². The molecule has 0 aliphatic rings. The average Bonchev–Trinajstić information content (AvgIpc) is 2.71. The largest absolute Gasteiger partial charge is 0.491 e. The maximum Gasteiger partial charge on any atom is 0.250 e. The van der Waals surface area contributed by atoms with Crippen molar-refractivity contribution in [3.8, 4) is 17.2 Å². The van der Waals surface area contributed by atoms with Gasteiger partial charge in [-0.25, -0.2) is 0 Å². The molecule has 1 amide bonds. The lowest BCUT2D eigenvalue weighted by Crippen LogP contribution is -2.20. The van der Waals surface area contributed by atoms with E-state index in [4.69, 9.17) is 14.2 Å². The summed E-state index contributed by atoms with van der Waals surface area (Å²) in [6.45, 7) is 0.646. The molecule has 27 heavy (non-hydrogen) atoms. The van der Waals surface area contributed by atoms with Crippen molar-refractivity contribution >= 4 is 11.6 Å². The van der Waals surface area contributed by atoms with E-state index in [2.05, 4.69) is 5.32 Å². The van der Waals surface area contributed by atoms with Gasteiger partial charge in [0.2, 0.25) is 5.91 Å². The Bertz CT molecular complexity index is 837. The zero-order valence-electron chi connectivity index (χ0n) is 14.8. The Morgan fingerprint density at radius 3 is 2.11 bits per heavy atom. The molecule has 138 valence electrons. The van der Waals surface area contributed by atoms with Gasteiger partial charge < -0.3 is 19.5 Å². The summed E-state index contributed by atoms with van der Waals surface area (Å²) in [4.78, 5) is 12.1. The third-order valence-electron chi connectivity index (χ3n) is 3.60. The highest BCUT2D eigenvalue weighted by Gasteiger charge is 2.08. The highest BCUT2D eigenvalue weighted by atomic mass is 16.5. The van der Waals surface area contributed by atoms with Crippen LogP contribution in [0.2, 0.25) is 0 Å². The topological polar surface area (TPSA) is 56.8 Å². The first-order chi connectivity index (χ1) is 13.3. The van der Waals surface area contributed by atoms with Crippen molar-refractivity contribution in [3.05, 3.63) is 84.9 Å². The molecule has 0 aliphatic heterocycles. The predicted molar refractivity (Wildman–Crippen MR) is 104 cm³/mol. The van der Waals surface area contributed by atoms with Crippen LogP contribution < -0.4 is 14.8 Å². The minimum absolute atomic E-state index is 0.0577. The van der Waals surface area contributed by atoms with Gasteiger partial charge in [0.05, 0.1) is 12.3 Å². The minimum atomic E-state index is -0.251. The number of hydrogen-bond acceptors (Lipinski definition) is 4. The molecule has 0 saturated heterocycles. The van der Waals surface area contributed by atoms with Crippen molar-refractivity contribution in [2.75, 3.05) is 25.1 Å². The summed E-state index contributed by atoms with van der Waals surface area (Å²) in [7, 11) is 0. The SMILES string of the molecule is O=C(COCCOc1ccccc1)Nc1ccccc1Oc1ccccc1. The van der Waals surface area contributed by atoms with E-state index in [-0.39, 0.29) is 12.5 Å². The van der Waals surface area contributed by atoms with Gasteiger partial charge in [-0.1, -0.05) is 48.5 Å². The van der Waals surface area contributed by atoms with Crippen LogP contribution in [-0.4, -0.2) is 25.7 Å². The highest BCUT2D eigenvalue weighted by Crippen LogP contribution is 2.28. The average molecular weight is 363 g/mol. The quantitative estimate of drug-likeness (QED) is 0.568. The first-order valence-corrected chi connectivity index (χ1v) is 8.68. The molecule has 0 aliphatic carbocycles. The summed E-state index contributed by atoms with van der Waals surface area (Å²) in [5.74, 6) is 1.80. The smallest absolute Gasteiger partial charge is 0.250 e. The fourth-order valence-electron chi connectivity index (χ4n) is 2.36. The monoisotopic (exact) mass is 363 g/mol. The standard InChI is InChI=1S/C22H21NO4/c24-22(17-25-15-16-26-18-9-3-1-4-10-18)23-20-13-7-8-14-21(20)27-19-11-5-2-6-12-19/h1-14H,15-17H2,(H,23,24). The maximum atomic E-state index is 12.1. The Morgan fingerprint density at radius 2 is 1.37 bits per heavy atom. The van der Waals surface area contributed by atoms with Crippen LogP contribution in [0.15, 0.2) is 84.9 Å². The molecule has 5 nitrogen and oxygen atoms in total. The van der Waals surface area contributed by atoms with E-state index in [0.29, 0.717) is 30.4 Å². The van der Waals surface area contributed by atoms with Gasteiger partial charge in [-0.2, -0.15) is 0 Å². The van der Waals surface area contributed by atoms with Gasteiger partial charge in [0, 0.05) is 0 Å². The minimum Gasteiger partial charge on any atom is -0.491 e. The first kappa shape index (κ1) is 18.5. The third kappa shape index (κ3) is 6.17. The zero-order chi connectivity index (χ0) is 18.7. The van der Waals surface area contributed by atoms with Crippen LogP contribution in [0.1, 0.15) is 0 Å². The highest BCUT2D eigenvalue weighted by molar-refractivity contribution is 5.93. The molecule has 0 fully saturated rings. The number of amides is 1. The van der Waals surface area contributed by atoms with Crippen LogP contribution in [0.25, 0.3) is 0 Å². The molecule has 0 unspecified atom stereocenters. The maximum absolute atomic E-state index is 12.1. The van der Waals surface area contributed by atoms with E-state index in [0.717, 1.165) is 5.75 Å². The van der Waals surface area contributed by atoms with Crippen molar-refractivity contribution in [2.45, 2.75) is 0 Å². The summed E-state index contributed by atoms with van der Waals surface area (Å²) >= 11 is 0. The molecule has 3 rings (SSSR count). The van der Waals surface area contributed by atoms with E-state index in [1.807, 2.05) is 72.8 Å². The number of rotatable bonds is 9. The molecule has 0 spiro atoms. The summed E-state index contributed by atoms with van der Waals surface area (Å²) in [6, 6.07) is 26.2. The van der Waals surface area contributed by atoms with Gasteiger partial charge in [-0.05, 0) is 36.4 Å². The second kappa shape index (κ2) is 9.99. The number of hydrogen-bond donors (Lipinski definition) is 1. The second-order valence-corrected chi connectivity index (χ2v) is 5.67. The van der Waals surface area contributed by atoms with Crippen molar-refractivity contribution in [1.82, 2.24) is 0 Å². The van der Waals surface area contributed by atoms with Crippen molar-refractivity contribution in [2.24, 2.45) is 0 Å². The van der Waals surface area contributed by atoms with Crippen molar-refractivity contribution < 1.29 is 19.0 Å². The fraction of sp³-hybridized carbons (Fsp3) is 0.136. The fourth-order valence-corrected chi connectivity index (χ4v) is 2.36. The molecular formula is C22H21NO4. The molecule has 3 aromatic rings. The number of para-hydroxylation sites is 4. The van der Waals surface area contributed by atoms with E-state index >= 15 is 0 Å². The summed E-state index contributed by atoms with van der Waals surface area (Å²) in [5, 5.41) is 2.81. The van der Waals surface area contributed by atoms with Crippen LogP contribution in [0.3, 0.4) is 0 Å². The number of carbonyl (C=O) groups is 1. The van der Waals surface area contributed by atoms with Crippen molar-refractivity contribution in [3.63, 3.8) is 0 Å². The van der Waals surface area contributed by atoms with E-state index in [9.17, 15) is 4.79 Å². The molecule has 0 bridgehead atoms. The number of anilines is 1. The second-order valence-electron chi connectivity index (χ2n) is 5.67. The molecule has 5 heteroatoms. The summed E-state index contributed by atoms with van der Waals surface area (Å²) in [5.41, 5.74) is 0.593. The van der Waals surface area contributed by atoms with Crippen LogP contribution in [0, 0.1) is 0 Å². The predicted octanol–water partition coefficient (Wildman–Crippen LogP) is 4.51. The molecule has 0 aromatic heterocycles. The first-order valence-electron chi connectivity index (χ1n) is 8.68. The Hall–Kier alpha value is -3.31. The van der Waals surface area contributed by atoms with Crippen LogP contribution in [0.4, 0.5) is 5.69 Å². The van der Waals surface area contributed by atoms with E-state index < -0.39 is 0 Å². The lowest BCUT2D eigenvalue weighted by molar-refractivity contribution is -0.120. The normalized spacial score (nSPS) is 10.2. The van der Waals surface area contributed by atoms with Crippen LogP contribution >= 0.6 is 0 Å². The van der Waals surface area contributed by atoms with E-state index in [1.54, 1.807) is 12.1 Å². The summed E-state index contributed by atoms with van der Waals surface area (Å²) in [6.07, 6.45) is 0. The van der Waals surface area contributed by atoms with Crippen LogP contribution in [0.5, 0.6) is 17.2 Å². The third-order valence-corrected chi connectivity index (χ3v) is 3.60. The van der Waals surface area contributed by atoms with Gasteiger partial charge in [-0.15, -0.1) is 0 Å². The number of benzene rings is 3. The lowest BCUT2D eigenvalue weighted by atomic mass is 10.3. The summed E-state index contributed by atoms with van der Waals surface area (Å²) < 4.78 is 16.7. The molecule has 0 saturated carbocycles. The van der Waals surface area contributed by atoms with Crippen molar-refractivity contribution in [1.29, 1.82) is 0 Å². The van der Waals surface area contributed by atoms with Gasteiger partial charge in [0.15, 0.2) is 5.75 Å². The zero-order valence-corrected chi connectivity index (χ0v) is 14.8. The Kier molecular flexibility index (Phi) is 6.84. The number of carbonyl (C=O) groups excluding carboxylic acids is 1. The van der Waals surface area contributed by atoms with E-state index in [1.165, 1.54) is 0 Å². The molecule has 1 N–H and O–H groups in total. The molecule has 0 heterocycles. The van der Waals surface area contributed by atoms with Crippen LogP contribution in [-0.2, 0) is 9.53 Å². The van der Waals surface area contributed by atoms with Gasteiger partial charge in [-0.3, -0.25) is 4.79 Å². The Morgan fingerprint density at radius 1 is 0.741 bits per heavy atom. The Labute approximate surface area is 158 Å². The molecule has 3 aromatic carbocycles. The molecular weight excluding hydrogens is 342 g/mol. The van der Waals surface area contributed by atoms with Gasteiger partial charge in [0.1, 0.15) is 24.7 Å². The molecule has 0 radical (unpaired) electrons. The van der Waals surface area contributed by atoms with Gasteiger partial charge in [0.25, 0.3) is 0 Å². The Balaban J connectivity index is 1.44. The number of ether oxygens (including phenoxy) is 3. The number of nitrogens with one attached hydrogen (secondary N) is 1. The molecule has 0 atom stereocenters. The lowest BCUT2D eigenvalue weighted by Gasteiger charge is -2.12.